The van der Waals surface area contributed by atoms with Crippen LogP contribution >= 0.6 is 0 Å². The molecular formula is C51H96O3S. The molecule has 0 radical (unpaired) electrons. The molecule has 0 saturated heterocycles. The van der Waals surface area contributed by atoms with Crippen LogP contribution < -0.4 is 0 Å². The van der Waals surface area contributed by atoms with Crippen LogP contribution in [-0.4, -0.2) is 13.0 Å². The van der Waals surface area contributed by atoms with Crippen LogP contribution in [0, 0.1) is 0 Å². The van der Waals surface area contributed by atoms with Crippen LogP contribution in [0.4, 0.5) is 0 Å². The molecule has 0 heterocycles. The molecular weight excluding hydrogens is 693 g/mol. The fraction of sp³-hybridized carbons (Fsp3) is 0.882. The molecule has 1 aromatic carbocycles. The minimum Gasteiger partial charge on any atom is -0.282 e. The first-order chi connectivity index (χ1) is 27.1. The number of hydrogen-bond donors (Lipinski definition) is 1. The Bertz CT molecular complexity index is 1000. The van der Waals surface area contributed by atoms with Crippen LogP contribution in [0.3, 0.4) is 0 Å². The molecule has 0 spiro atoms. The molecule has 0 bridgehead atoms. The number of unbranched alkanes of at least 4 members (excludes halogenated alkanes) is 42. The average molecular weight is 789 g/mol. The monoisotopic (exact) mass is 789 g/mol. The van der Waals surface area contributed by atoms with Crippen LogP contribution in [0.5, 0.6) is 0 Å². The van der Waals surface area contributed by atoms with E-state index in [-0.39, 0.29) is 4.90 Å². The molecule has 0 aliphatic heterocycles. The second kappa shape index (κ2) is 41.3. The van der Waals surface area contributed by atoms with E-state index >= 15 is 0 Å². The van der Waals surface area contributed by atoms with Crippen LogP contribution in [0.2, 0.25) is 0 Å². The molecule has 0 saturated carbocycles. The van der Waals surface area contributed by atoms with Gasteiger partial charge < -0.3 is 0 Å². The Hall–Kier alpha value is -0.870. The van der Waals surface area contributed by atoms with E-state index in [4.69, 9.17) is 0 Å². The largest absolute Gasteiger partial charge is 0.294 e. The Morgan fingerprint density at radius 3 is 0.745 bits per heavy atom. The summed E-state index contributed by atoms with van der Waals surface area (Å²) in [4.78, 5) is 0.0713. The normalized spacial score (nSPS) is 11.9. The maximum atomic E-state index is 11.5. The summed E-state index contributed by atoms with van der Waals surface area (Å²) >= 11 is 0. The standard InChI is InChI=1S/C51H96O3S/c1-2-3-4-5-6-7-8-9-10-11-12-13-14-15-16-17-18-19-20-21-22-23-24-25-26-27-28-29-30-31-32-33-34-35-36-37-38-39-40-41-42-43-44-47-50-48-45-46-49-51(50)55(52,53)54/h45-46,48-49H,2-44,47H2,1H3,(H,52,53,54). The Morgan fingerprint density at radius 2 is 0.527 bits per heavy atom. The number of aryl methyl sites for hydroxylation is 1. The van der Waals surface area contributed by atoms with E-state index in [1.54, 1.807) is 6.07 Å². The van der Waals surface area contributed by atoms with E-state index < -0.39 is 10.1 Å². The molecule has 55 heavy (non-hydrogen) atoms. The topological polar surface area (TPSA) is 54.4 Å². The van der Waals surface area contributed by atoms with Crippen molar-refractivity contribution in [3.05, 3.63) is 29.8 Å². The van der Waals surface area contributed by atoms with Crippen molar-refractivity contribution in [1.82, 2.24) is 0 Å². The third-order valence-electron chi connectivity index (χ3n) is 12.3. The number of hydrogen-bond acceptors (Lipinski definition) is 2. The van der Waals surface area contributed by atoms with Gasteiger partial charge in [0.2, 0.25) is 0 Å². The van der Waals surface area contributed by atoms with Gasteiger partial charge >= 0.3 is 0 Å². The SMILES string of the molecule is CCCCCCCCCCCCCCCCCCCCCCCCCCCCCCCCCCCCCCCCCCCCCc1ccccc1S(=O)(=O)O. The molecule has 0 aromatic heterocycles. The van der Waals surface area contributed by atoms with Crippen molar-refractivity contribution in [3.63, 3.8) is 0 Å². The first kappa shape index (κ1) is 52.1. The third kappa shape index (κ3) is 37.2. The molecule has 0 unspecified atom stereocenters. The van der Waals surface area contributed by atoms with Gasteiger partial charge in [0, 0.05) is 0 Å². The average Bonchev–Trinajstić information content (AvgIpc) is 3.18. The summed E-state index contributed by atoms with van der Waals surface area (Å²) in [5.74, 6) is 0. The highest BCUT2D eigenvalue weighted by Gasteiger charge is 2.13. The van der Waals surface area contributed by atoms with Crippen molar-refractivity contribution in [2.24, 2.45) is 0 Å². The summed E-state index contributed by atoms with van der Waals surface area (Å²) < 4.78 is 32.4. The quantitative estimate of drug-likeness (QED) is 0.0529. The van der Waals surface area contributed by atoms with Crippen LogP contribution in [-0.2, 0) is 16.5 Å². The first-order valence-corrected chi connectivity index (χ1v) is 26.5. The van der Waals surface area contributed by atoms with Gasteiger partial charge in [0.25, 0.3) is 10.1 Å². The van der Waals surface area contributed by atoms with E-state index in [9.17, 15) is 13.0 Å². The van der Waals surface area contributed by atoms with Gasteiger partial charge in [-0.25, -0.2) is 0 Å². The van der Waals surface area contributed by atoms with E-state index in [1.165, 1.54) is 269 Å². The van der Waals surface area contributed by atoms with E-state index in [2.05, 4.69) is 6.92 Å². The minimum absolute atomic E-state index is 0.0713. The van der Waals surface area contributed by atoms with Gasteiger partial charge in [0.1, 0.15) is 0 Å². The fourth-order valence-electron chi connectivity index (χ4n) is 8.60. The van der Waals surface area contributed by atoms with Crippen molar-refractivity contribution in [2.75, 3.05) is 0 Å². The second-order valence-electron chi connectivity index (χ2n) is 17.7. The zero-order valence-corrected chi connectivity index (χ0v) is 37.9. The molecule has 0 aliphatic rings. The Balaban J connectivity index is 1.65. The highest BCUT2D eigenvalue weighted by Crippen LogP contribution is 2.20. The predicted molar refractivity (Wildman–Crippen MR) is 244 cm³/mol. The van der Waals surface area contributed by atoms with Gasteiger partial charge in [-0.1, -0.05) is 295 Å². The lowest BCUT2D eigenvalue weighted by Crippen LogP contribution is -2.03. The number of rotatable bonds is 45. The van der Waals surface area contributed by atoms with E-state index in [1.807, 2.05) is 12.1 Å². The van der Waals surface area contributed by atoms with Gasteiger partial charge in [-0.3, -0.25) is 4.55 Å². The number of benzene rings is 1. The van der Waals surface area contributed by atoms with Gasteiger partial charge in [-0.05, 0) is 24.5 Å². The summed E-state index contributed by atoms with van der Waals surface area (Å²) in [6.07, 6.45) is 62.0. The molecule has 0 aliphatic carbocycles. The molecule has 0 amide bonds. The molecule has 1 aromatic rings. The Morgan fingerprint density at radius 1 is 0.327 bits per heavy atom. The summed E-state index contributed by atoms with van der Waals surface area (Å²) in [5.41, 5.74) is 0.738. The molecule has 4 heteroatoms. The Labute approximate surface area is 345 Å². The summed E-state index contributed by atoms with van der Waals surface area (Å²) in [6, 6.07) is 6.82. The summed E-state index contributed by atoms with van der Waals surface area (Å²) in [7, 11) is -4.12. The van der Waals surface area contributed by atoms with Crippen LogP contribution in [0.25, 0.3) is 0 Å². The summed E-state index contributed by atoms with van der Waals surface area (Å²) in [6.45, 7) is 2.31. The molecule has 324 valence electrons. The lowest BCUT2D eigenvalue weighted by atomic mass is 10.0. The highest BCUT2D eigenvalue weighted by molar-refractivity contribution is 7.85. The lowest BCUT2D eigenvalue weighted by molar-refractivity contribution is 0.481. The zero-order valence-electron chi connectivity index (χ0n) is 37.1. The van der Waals surface area contributed by atoms with Crippen molar-refractivity contribution in [3.8, 4) is 0 Å². The van der Waals surface area contributed by atoms with Crippen molar-refractivity contribution < 1.29 is 13.0 Å². The molecule has 0 atom stereocenters. The van der Waals surface area contributed by atoms with Crippen molar-refractivity contribution in [2.45, 2.75) is 294 Å². The van der Waals surface area contributed by atoms with Gasteiger partial charge in [-0.2, -0.15) is 8.42 Å². The predicted octanol–water partition coefficient (Wildman–Crippen LogP) is 18.3. The van der Waals surface area contributed by atoms with Gasteiger partial charge in [0.15, 0.2) is 0 Å². The van der Waals surface area contributed by atoms with Crippen LogP contribution in [0.1, 0.15) is 289 Å². The first-order valence-electron chi connectivity index (χ1n) is 25.1. The maximum absolute atomic E-state index is 11.5. The van der Waals surface area contributed by atoms with Crippen molar-refractivity contribution >= 4 is 10.1 Å². The second-order valence-corrected chi connectivity index (χ2v) is 19.1. The van der Waals surface area contributed by atoms with Crippen LogP contribution in [0.15, 0.2) is 29.2 Å². The smallest absolute Gasteiger partial charge is 0.282 e. The van der Waals surface area contributed by atoms with E-state index in [0.717, 1.165) is 24.8 Å². The van der Waals surface area contributed by atoms with Gasteiger partial charge in [-0.15, -0.1) is 0 Å². The molecule has 1 N–H and O–H groups in total. The third-order valence-corrected chi connectivity index (χ3v) is 13.3. The highest BCUT2D eigenvalue weighted by atomic mass is 32.2. The fourth-order valence-corrected chi connectivity index (χ4v) is 9.35. The molecule has 1 rings (SSSR count). The lowest BCUT2D eigenvalue weighted by Gasteiger charge is -2.07. The minimum atomic E-state index is -4.12. The molecule has 0 fully saturated rings. The van der Waals surface area contributed by atoms with E-state index in [0.29, 0.717) is 0 Å². The summed E-state index contributed by atoms with van der Waals surface area (Å²) in [5, 5.41) is 0. The van der Waals surface area contributed by atoms with Crippen molar-refractivity contribution in [1.29, 1.82) is 0 Å². The van der Waals surface area contributed by atoms with Gasteiger partial charge in [0.05, 0.1) is 4.90 Å². The zero-order chi connectivity index (χ0) is 39.6. The Kier molecular flexibility index (Phi) is 39.2. The molecule has 3 nitrogen and oxygen atoms in total. The maximum Gasteiger partial charge on any atom is 0.294 e.